The van der Waals surface area contributed by atoms with Crippen molar-refractivity contribution in [2.24, 2.45) is 0 Å². The molecule has 2 rings (SSSR count). The van der Waals surface area contributed by atoms with Gasteiger partial charge in [-0.2, -0.15) is 0 Å². The van der Waals surface area contributed by atoms with Crippen LogP contribution in [0.15, 0.2) is 30.3 Å². The van der Waals surface area contributed by atoms with Crippen LogP contribution in [0.2, 0.25) is 0 Å². The fourth-order valence-corrected chi connectivity index (χ4v) is 2.74. The Labute approximate surface area is 143 Å². The number of nitrogens with one attached hydrogen (secondary N) is 2. The molecule has 6 heteroatoms. The van der Waals surface area contributed by atoms with E-state index in [1.165, 1.54) is 5.56 Å². The lowest BCUT2D eigenvalue weighted by Gasteiger charge is -2.31. The molecule has 0 radical (unpaired) electrons. The highest BCUT2D eigenvalue weighted by molar-refractivity contribution is 5.77. The average Bonchev–Trinajstić information content (AvgIpc) is 2.96. The summed E-state index contributed by atoms with van der Waals surface area (Å²) in [5.74, 6) is -0.0584. The van der Waals surface area contributed by atoms with Crippen LogP contribution < -0.4 is 10.6 Å². The second-order valence-corrected chi connectivity index (χ2v) is 6.79. The minimum absolute atomic E-state index is 0.0584. The summed E-state index contributed by atoms with van der Waals surface area (Å²) in [6.07, 6.45) is -0.0409. The third-order valence-corrected chi connectivity index (χ3v) is 4.09. The first-order valence-electron chi connectivity index (χ1n) is 8.38. The SMILES string of the molecule is C[C@H](NC(C)(C)CNC(=O)CCN1CCOC1=O)c1ccccc1. The molecule has 1 aliphatic heterocycles. The second-order valence-electron chi connectivity index (χ2n) is 6.79. The van der Waals surface area contributed by atoms with E-state index in [-0.39, 0.29) is 23.6 Å². The zero-order valence-electron chi connectivity index (χ0n) is 14.7. The summed E-state index contributed by atoms with van der Waals surface area (Å²) < 4.78 is 4.84. The molecule has 1 aliphatic rings. The number of carbonyl (C=O) groups is 2. The van der Waals surface area contributed by atoms with Crippen molar-refractivity contribution in [3.8, 4) is 0 Å². The van der Waals surface area contributed by atoms with Crippen LogP contribution in [-0.2, 0) is 9.53 Å². The fraction of sp³-hybridized carbons (Fsp3) is 0.556. The summed E-state index contributed by atoms with van der Waals surface area (Å²) in [7, 11) is 0. The second kappa shape index (κ2) is 8.15. The number of cyclic esters (lactones) is 1. The molecule has 0 unspecified atom stereocenters. The molecule has 1 atom stereocenters. The number of nitrogens with zero attached hydrogens (tertiary/aromatic N) is 1. The molecule has 1 heterocycles. The third-order valence-electron chi connectivity index (χ3n) is 4.09. The van der Waals surface area contributed by atoms with E-state index in [2.05, 4.69) is 43.5 Å². The Balaban J connectivity index is 1.73. The summed E-state index contributed by atoms with van der Waals surface area (Å²) >= 11 is 0. The van der Waals surface area contributed by atoms with Gasteiger partial charge < -0.3 is 20.3 Å². The van der Waals surface area contributed by atoms with Crippen LogP contribution in [-0.4, -0.2) is 48.7 Å². The molecule has 132 valence electrons. The summed E-state index contributed by atoms with van der Waals surface area (Å²) in [4.78, 5) is 24.9. The molecule has 1 fully saturated rings. The van der Waals surface area contributed by atoms with E-state index < -0.39 is 0 Å². The first-order valence-corrected chi connectivity index (χ1v) is 8.38. The van der Waals surface area contributed by atoms with Crippen molar-refractivity contribution < 1.29 is 14.3 Å². The lowest BCUT2D eigenvalue weighted by atomic mass is 10.0. The Morgan fingerprint density at radius 3 is 2.67 bits per heavy atom. The van der Waals surface area contributed by atoms with Crippen LogP contribution in [0, 0.1) is 0 Å². The fourth-order valence-electron chi connectivity index (χ4n) is 2.74. The van der Waals surface area contributed by atoms with Gasteiger partial charge in [0.15, 0.2) is 0 Å². The van der Waals surface area contributed by atoms with Gasteiger partial charge in [0.1, 0.15) is 6.61 Å². The number of hydrogen-bond donors (Lipinski definition) is 2. The van der Waals surface area contributed by atoms with Gasteiger partial charge in [-0.1, -0.05) is 30.3 Å². The molecular formula is C18H27N3O3. The minimum atomic E-state index is -0.332. The normalized spacial score (nSPS) is 16.0. The van der Waals surface area contributed by atoms with Crippen LogP contribution in [0.5, 0.6) is 0 Å². The Morgan fingerprint density at radius 1 is 1.33 bits per heavy atom. The largest absolute Gasteiger partial charge is 0.448 e. The molecule has 0 bridgehead atoms. The van der Waals surface area contributed by atoms with Crippen molar-refractivity contribution in [1.29, 1.82) is 0 Å². The van der Waals surface area contributed by atoms with E-state index in [1.807, 2.05) is 18.2 Å². The van der Waals surface area contributed by atoms with E-state index in [4.69, 9.17) is 4.74 Å². The average molecular weight is 333 g/mol. The smallest absolute Gasteiger partial charge is 0.409 e. The topological polar surface area (TPSA) is 70.7 Å². The molecule has 0 aliphatic carbocycles. The summed E-state index contributed by atoms with van der Waals surface area (Å²) in [6, 6.07) is 10.4. The number of benzene rings is 1. The molecule has 24 heavy (non-hydrogen) atoms. The minimum Gasteiger partial charge on any atom is -0.448 e. The van der Waals surface area contributed by atoms with Gasteiger partial charge in [0.05, 0.1) is 6.54 Å². The maximum absolute atomic E-state index is 12.0. The quantitative estimate of drug-likeness (QED) is 0.764. The lowest BCUT2D eigenvalue weighted by Crippen LogP contribution is -2.50. The van der Waals surface area contributed by atoms with Crippen LogP contribution in [0.3, 0.4) is 0 Å². The number of rotatable bonds is 8. The first kappa shape index (κ1) is 18.3. The van der Waals surface area contributed by atoms with Crippen molar-refractivity contribution >= 4 is 12.0 Å². The predicted molar refractivity (Wildman–Crippen MR) is 92.6 cm³/mol. The van der Waals surface area contributed by atoms with Crippen molar-refractivity contribution in [3.63, 3.8) is 0 Å². The predicted octanol–water partition coefficient (Wildman–Crippen LogP) is 2.07. The van der Waals surface area contributed by atoms with Gasteiger partial charge in [-0.05, 0) is 26.3 Å². The number of amides is 2. The third kappa shape index (κ3) is 5.53. The van der Waals surface area contributed by atoms with Gasteiger partial charge in [-0.25, -0.2) is 4.79 Å². The molecule has 6 nitrogen and oxygen atoms in total. The zero-order chi connectivity index (χ0) is 17.6. The standard InChI is InChI=1S/C18H27N3O3/c1-14(15-7-5-4-6-8-15)20-18(2,3)13-19-16(22)9-10-21-11-12-24-17(21)23/h4-8,14,20H,9-13H2,1-3H3,(H,19,22)/t14-/m0/s1. The van der Waals surface area contributed by atoms with Gasteiger partial charge in [-0.15, -0.1) is 0 Å². The van der Waals surface area contributed by atoms with E-state index in [0.29, 0.717) is 32.7 Å². The van der Waals surface area contributed by atoms with Gasteiger partial charge in [0.2, 0.25) is 5.91 Å². The molecule has 1 aromatic carbocycles. The maximum atomic E-state index is 12.0. The Hall–Kier alpha value is -2.08. The van der Waals surface area contributed by atoms with Crippen LogP contribution in [0.4, 0.5) is 4.79 Å². The Morgan fingerprint density at radius 2 is 2.04 bits per heavy atom. The monoisotopic (exact) mass is 333 g/mol. The zero-order valence-corrected chi connectivity index (χ0v) is 14.7. The van der Waals surface area contributed by atoms with Crippen LogP contribution in [0.25, 0.3) is 0 Å². The maximum Gasteiger partial charge on any atom is 0.409 e. The van der Waals surface area contributed by atoms with Crippen molar-refractivity contribution in [1.82, 2.24) is 15.5 Å². The van der Waals surface area contributed by atoms with E-state index in [1.54, 1.807) is 4.90 Å². The molecule has 0 saturated carbocycles. The Bertz CT molecular complexity index is 560. The lowest BCUT2D eigenvalue weighted by molar-refractivity contribution is -0.121. The van der Waals surface area contributed by atoms with Crippen molar-refractivity contribution in [2.45, 2.75) is 38.8 Å². The molecule has 2 amide bonds. The van der Waals surface area contributed by atoms with Gasteiger partial charge in [-0.3, -0.25) is 4.79 Å². The van der Waals surface area contributed by atoms with Crippen LogP contribution >= 0.6 is 0 Å². The van der Waals surface area contributed by atoms with Crippen molar-refractivity contribution in [3.05, 3.63) is 35.9 Å². The highest BCUT2D eigenvalue weighted by Crippen LogP contribution is 2.15. The highest BCUT2D eigenvalue weighted by atomic mass is 16.6. The summed E-state index contributed by atoms with van der Waals surface area (Å²) in [6.45, 7) is 8.13. The molecule has 1 saturated heterocycles. The van der Waals surface area contributed by atoms with Gasteiger partial charge in [0.25, 0.3) is 0 Å². The number of carbonyl (C=O) groups excluding carboxylic acids is 2. The molecule has 0 spiro atoms. The molecular weight excluding hydrogens is 306 g/mol. The van der Waals surface area contributed by atoms with E-state index in [0.717, 1.165) is 0 Å². The van der Waals surface area contributed by atoms with E-state index >= 15 is 0 Å². The molecule has 0 aromatic heterocycles. The van der Waals surface area contributed by atoms with Gasteiger partial charge in [0, 0.05) is 31.1 Å². The molecule has 1 aromatic rings. The van der Waals surface area contributed by atoms with E-state index in [9.17, 15) is 9.59 Å². The number of hydrogen-bond acceptors (Lipinski definition) is 4. The highest BCUT2D eigenvalue weighted by Gasteiger charge is 2.24. The summed E-state index contributed by atoms with van der Waals surface area (Å²) in [5, 5.41) is 6.47. The van der Waals surface area contributed by atoms with Gasteiger partial charge >= 0.3 is 6.09 Å². The summed E-state index contributed by atoms with van der Waals surface area (Å²) in [5.41, 5.74) is 0.974. The molecule has 2 N–H and O–H groups in total. The number of ether oxygens (including phenoxy) is 1. The van der Waals surface area contributed by atoms with Crippen LogP contribution in [0.1, 0.15) is 38.8 Å². The Kier molecular flexibility index (Phi) is 6.20. The first-order chi connectivity index (χ1) is 11.4. The van der Waals surface area contributed by atoms with Crippen molar-refractivity contribution in [2.75, 3.05) is 26.2 Å².